The number of furan rings is 1. The molecule has 2 rings (SSSR count). The first-order valence-corrected chi connectivity index (χ1v) is 6.39. The highest BCUT2D eigenvalue weighted by atomic mass is 79.9. The van der Waals surface area contributed by atoms with Gasteiger partial charge in [0.25, 0.3) is 0 Å². The molecule has 2 aromatic rings. The lowest BCUT2D eigenvalue weighted by Crippen LogP contribution is -2.12. The number of benzene rings is 1. The summed E-state index contributed by atoms with van der Waals surface area (Å²) in [5, 5.41) is 4.51. The number of aryl methyl sites for hydroxylation is 1. The van der Waals surface area contributed by atoms with Gasteiger partial charge in [-0.05, 0) is 43.7 Å². The van der Waals surface area contributed by atoms with Crippen molar-refractivity contribution in [2.45, 2.75) is 26.8 Å². The molecule has 0 spiro atoms. The molecule has 1 aromatic heterocycles. The van der Waals surface area contributed by atoms with Gasteiger partial charge in [0.2, 0.25) is 0 Å². The van der Waals surface area contributed by atoms with Crippen LogP contribution in [-0.4, -0.2) is 6.54 Å². The third-order valence-corrected chi connectivity index (χ3v) is 3.00. The average Bonchev–Trinajstić information content (AvgIpc) is 2.61. The molecule has 0 fully saturated rings. The predicted molar refractivity (Wildman–Crippen MR) is 70.6 cm³/mol. The van der Waals surface area contributed by atoms with Crippen molar-refractivity contribution in [2.24, 2.45) is 0 Å². The number of hydrogen-bond donors (Lipinski definition) is 1. The van der Waals surface area contributed by atoms with Crippen LogP contribution in [0.3, 0.4) is 0 Å². The van der Waals surface area contributed by atoms with Crippen LogP contribution in [0.25, 0.3) is 11.0 Å². The van der Waals surface area contributed by atoms with Gasteiger partial charge in [0.1, 0.15) is 11.3 Å². The van der Waals surface area contributed by atoms with Crippen LogP contribution in [0.2, 0.25) is 0 Å². The molecule has 3 heteroatoms. The Bertz CT molecular complexity index is 490. The summed E-state index contributed by atoms with van der Waals surface area (Å²) in [6.07, 6.45) is 1.14. The summed E-state index contributed by atoms with van der Waals surface area (Å²) in [4.78, 5) is 0. The van der Waals surface area contributed by atoms with E-state index in [0.29, 0.717) is 0 Å². The van der Waals surface area contributed by atoms with Gasteiger partial charge in [-0.2, -0.15) is 0 Å². The highest BCUT2D eigenvalue weighted by molar-refractivity contribution is 9.10. The second-order valence-electron chi connectivity index (χ2n) is 4.03. The molecule has 2 nitrogen and oxygen atoms in total. The number of nitrogens with one attached hydrogen (secondary N) is 1. The van der Waals surface area contributed by atoms with Crippen molar-refractivity contribution in [1.29, 1.82) is 0 Å². The third kappa shape index (κ3) is 2.47. The quantitative estimate of drug-likeness (QED) is 0.857. The van der Waals surface area contributed by atoms with Gasteiger partial charge in [0.05, 0.1) is 6.54 Å². The summed E-state index contributed by atoms with van der Waals surface area (Å²) in [5.74, 6) is 1.00. The third-order valence-electron chi connectivity index (χ3n) is 2.54. The van der Waals surface area contributed by atoms with Crippen LogP contribution in [0.15, 0.2) is 27.1 Å². The van der Waals surface area contributed by atoms with Crippen molar-refractivity contribution >= 4 is 26.9 Å². The molecule has 0 unspecified atom stereocenters. The summed E-state index contributed by atoms with van der Waals surface area (Å²) in [7, 11) is 0. The minimum Gasteiger partial charge on any atom is -0.459 e. The minimum absolute atomic E-state index is 0.805. The van der Waals surface area contributed by atoms with Crippen molar-refractivity contribution in [3.05, 3.63) is 34.0 Å². The fraction of sp³-hybridized carbons (Fsp3) is 0.385. The minimum atomic E-state index is 0.805. The molecule has 1 heterocycles. The van der Waals surface area contributed by atoms with Crippen molar-refractivity contribution < 1.29 is 4.42 Å². The molecule has 0 aliphatic heterocycles. The molecule has 16 heavy (non-hydrogen) atoms. The maximum atomic E-state index is 5.82. The lowest BCUT2D eigenvalue weighted by molar-refractivity contribution is 0.512. The van der Waals surface area contributed by atoms with E-state index >= 15 is 0 Å². The molecule has 1 N–H and O–H groups in total. The van der Waals surface area contributed by atoms with E-state index in [0.717, 1.165) is 35.3 Å². The normalized spacial score (nSPS) is 11.2. The molecule has 0 aliphatic rings. The Morgan fingerprint density at radius 3 is 2.88 bits per heavy atom. The first kappa shape index (κ1) is 11.7. The first-order valence-electron chi connectivity index (χ1n) is 5.60. The molecule has 0 radical (unpaired) electrons. The van der Waals surface area contributed by atoms with Crippen LogP contribution in [0, 0.1) is 6.92 Å². The Labute approximate surface area is 104 Å². The van der Waals surface area contributed by atoms with Crippen LogP contribution < -0.4 is 5.32 Å². The Morgan fingerprint density at radius 2 is 2.12 bits per heavy atom. The number of hydrogen-bond acceptors (Lipinski definition) is 2. The number of fused-ring (bicyclic) bond motifs is 1. The van der Waals surface area contributed by atoms with Crippen molar-refractivity contribution in [2.75, 3.05) is 6.54 Å². The Hall–Kier alpha value is -0.800. The van der Waals surface area contributed by atoms with Crippen molar-refractivity contribution in [3.63, 3.8) is 0 Å². The summed E-state index contributed by atoms with van der Waals surface area (Å²) >= 11 is 3.50. The molecule has 0 saturated heterocycles. The standard InChI is InChI=1S/C13H16BrNO/c1-3-4-15-8-12-7-10-6-11(14)5-9(2)13(10)16-12/h5-7,15H,3-4,8H2,1-2H3. The monoisotopic (exact) mass is 281 g/mol. The highest BCUT2D eigenvalue weighted by Gasteiger charge is 2.06. The van der Waals surface area contributed by atoms with Crippen LogP contribution in [0.5, 0.6) is 0 Å². The molecular formula is C13H16BrNO. The fourth-order valence-electron chi connectivity index (χ4n) is 1.81. The Balaban J connectivity index is 2.26. The summed E-state index contributed by atoms with van der Waals surface area (Å²) in [5.41, 5.74) is 2.17. The molecular weight excluding hydrogens is 266 g/mol. The molecule has 0 amide bonds. The fourth-order valence-corrected chi connectivity index (χ4v) is 2.40. The lowest BCUT2D eigenvalue weighted by Gasteiger charge is -1.98. The SMILES string of the molecule is CCCNCc1cc2cc(Br)cc(C)c2o1. The van der Waals surface area contributed by atoms with Crippen molar-refractivity contribution in [3.8, 4) is 0 Å². The first-order chi connectivity index (χ1) is 7.70. The molecule has 0 bridgehead atoms. The van der Waals surface area contributed by atoms with E-state index in [2.05, 4.69) is 53.3 Å². The molecule has 0 atom stereocenters. The average molecular weight is 282 g/mol. The zero-order valence-electron chi connectivity index (χ0n) is 9.64. The smallest absolute Gasteiger partial charge is 0.137 e. The van der Waals surface area contributed by atoms with E-state index in [9.17, 15) is 0 Å². The van der Waals surface area contributed by atoms with E-state index in [1.54, 1.807) is 0 Å². The molecule has 86 valence electrons. The van der Waals surface area contributed by atoms with E-state index < -0.39 is 0 Å². The summed E-state index contributed by atoms with van der Waals surface area (Å²) in [6.45, 7) is 6.06. The molecule has 0 aliphatic carbocycles. The summed E-state index contributed by atoms with van der Waals surface area (Å²) < 4.78 is 6.92. The van der Waals surface area contributed by atoms with Gasteiger partial charge in [0.15, 0.2) is 0 Å². The Kier molecular flexibility index (Phi) is 3.66. The highest BCUT2D eigenvalue weighted by Crippen LogP contribution is 2.26. The van der Waals surface area contributed by atoms with Gasteiger partial charge < -0.3 is 9.73 Å². The number of rotatable bonds is 4. The maximum absolute atomic E-state index is 5.82. The van der Waals surface area contributed by atoms with Gasteiger partial charge >= 0.3 is 0 Å². The predicted octanol–water partition coefficient (Wildman–Crippen LogP) is 4.00. The molecule has 0 saturated carbocycles. The Morgan fingerprint density at radius 1 is 1.31 bits per heavy atom. The van der Waals surface area contributed by atoms with Gasteiger partial charge in [0, 0.05) is 9.86 Å². The summed E-state index contributed by atoms with van der Waals surface area (Å²) in [6, 6.07) is 6.28. The zero-order valence-corrected chi connectivity index (χ0v) is 11.2. The lowest BCUT2D eigenvalue weighted by atomic mass is 10.2. The van der Waals surface area contributed by atoms with Crippen LogP contribution >= 0.6 is 15.9 Å². The van der Waals surface area contributed by atoms with E-state index in [-0.39, 0.29) is 0 Å². The van der Waals surface area contributed by atoms with Crippen LogP contribution in [0.1, 0.15) is 24.7 Å². The second-order valence-corrected chi connectivity index (χ2v) is 4.95. The topological polar surface area (TPSA) is 25.2 Å². The van der Waals surface area contributed by atoms with Gasteiger partial charge in [-0.1, -0.05) is 22.9 Å². The largest absolute Gasteiger partial charge is 0.459 e. The van der Waals surface area contributed by atoms with E-state index in [1.165, 1.54) is 10.9 Å². The molecule has 1 aromatic carbocycles. The van der Waals surface area contributed by atoms with Crippen LogP contribution in [0.4, 0.5) is 0 Å². The van der Waals surface area contributed by atoms with Gasteiger partial charge in [-0.3, -0.25) is 0 Å². The van der Waals surface area contributed by atoms with Gasteiger partial charge in [-0.25, -0.2) is 0 Å². The van der Waals surface area contributed by atoms with E-state index in [4.69, 9.17) is 4.42 Å². The maximum Gasteiger partial charge on any atom is 0.137 e. The second kappa shape index (κ2) is 5.02. The number of halogens is 1. The van der Waals surface area contributed by atoms with Gasteiger partial charge in [-0.15, -0.1) is 0 Å². The van der Waals surface area contributed by atoms with Crippen LogP contribution in [-0.2, 0) is 6.54 Å². The van der Waals surface area contributed by atoms with E-state index in [1.807, 2.05) is 0 Å². The van der Waals surface area contributed by atoms with Crippen molar-refractivity contribution in [1.82, 2.24) is 5.32 Å². The zero-order chi connectivity index (χ0) is 11.5.